The number of carbonyl (C=O) groups excluding carboxylic acids is 1. The molecular weight excluding hydrogens is 422 g/mol. The highest BCUT2D eigenvalue weighted by atomic mass is 16.6. The number of nitrogens with zero attached hydrogens (tertiary/aromatic N) is 1. The molecule has 0 bridgehead atoms. The number of amides is 1. The van der Waals surface area contributed by atoms with Gasteiger partial charge in [-0.05, 0) is 29.7 Å². The van der Waals surface area contributed by atoms with Crippen LogP contribution < -0.4 is 14.2 Å². The number of carbonyl (C=O) groups is 2. The number of likely N-dealkylation sites (N-methyl/N-ethyl adjacent to an activating group) is 1. The minimum Gasteiger partial charge on any atom is -0.485 e. The van der Waals surface area contributed by atoms with Crippen molar-refractivity contribution < 1.29 is 28.9 Å². The highest BCUT2D eigenvalue weighted by molar-refractivity contribution is 6.00. The van der Waals surface area contributed by atoms with Crippen molar-refractivity contribution in [3.8, 4) is 17.2 Å². The van der Waals surface area contributed by atoms with E-state index >= 15 is 0 Å². The lowest BCUT2D eigenvalue weighted by Gasteiger charge is -2.25. The van der Waals surface area contributed by atoms with Crippen LogP contribution in [-0.2, 0) is 22.6 Å². The maximum Gasteiger partial charge on any atom is 0.376 e. The van der Waals surface area contributed by atoms with E-state index in [4.69, 9.17) is 14.2 Å². The molecule has 1 aliphatic heterocycles. The Bertz CT molecular complexity index is 1170. The van der Waals surface area contributed by atoms with Gasteiger partial charge in [-0.15, -0.1) is 0 Å². The van der Waals surface area contributed by atoms with Crippen LogP contribution in [0.15, 0.2) is 90.4 Å². The molecule has 1 heterocycles. The Hall–Kier alpha value is -4.26. The number of benzene rings is 3. The number of fused-ring (bicyclic) bond motifs is 1. The predicted molar refractivity (Wildman–Crippen MR) is 121 cm³/mol. The summed E-state index contributed by atoms with van der Waals surface area (Å²) < 4.78 is 17.2. The molecule has 0 radical (unpaired) electrons. The smallest absolute Gasteiger partial charge is 0.376 e. The molecule has 33 heavy (non-hydrogen) atoms. The minimum absolute atomic E-state index is 0.120. The second-order valence-electron chi connectivity index (χ2n) is 7.49. The molecule has 0 aliphatic carbocycles. The molecule has 3 aromatic carbocycles. The monoisotopic (exact) mass is 445 g/mol. The number of hydrogen-bond donors (Lipinski definition) is 1. The number of hydrogen-bond acceptors (Lipinski definition) is 5. The zero-order valence-corrected chi connectivity index (χ0v) is 18.1. The third-order valence-corrected chi connectivity index (χ3v) is 5.12. The van der Waals surface area contributed by atoms with E-state index in [0.717, 1.165) is 11.1 Å². The molecule has 0 aromatic heterocycles. The van der Waals surface area contributed by atoms with Gasteiger partial charge in [-0.1, -0.05) is 66.7 Å². The highest BCUT2D eigenvalue weighted by Gasteiger charge is 2.34. The fourth-order valence-corrected chi connectivity index (χ4v) is 3.33. The summed E-state index contributed by atoms with van der Waals surface area (Å²) in [4.78, 5) is 26.3. The Labute approximate surface area is 191 Å². The van der Waals surface area contributed by atoms with Gasteiger partial charge in [0, 0.05) is 13.6 Å². The van der Waals surface area contributed by atoms with Gasteiger partial charge in [0.25, 0.3) is 11.7 Å². The SMILES string of the molecule is CN(CCc1ccccc1)C(=O)C1=C(C(=O)O)Oc2c(OCc3ccccc3)cccc2O1. The van der Waals surface area contributed by atoms with Gasteiger partial charge in [0.05, 0.1) is 0 Å². The van der Waals surface area contributed by atoms with Gasteiger partial charge in [-0.2, -0.15) is 0 Å². The first kappa shape index (κ1) is 22.0. The van der Waals surface area contributed by atoms with Crippen LogP contribution in [0.3, 0.4) is 0 Å². The Morgan fingerprint density at radius 1 is 0.848 bits per heavy atom. The molecule has 4 rings (SSSR count). The van der Waals surface area contributed by atoms with E-state index in [1.54, 1.807) is 25.2 Å². The fourth-order valence-electron chi connectivity index (χ4n) is 3.33. The molecule has 0 unspecified atom stereocenters. The van der Waals surface area contributed by atoms with Crippen molar-refractivity contribution in [1.29, 1.82) is 0 Å². The summed E-state index contributed by atoms with van der Waals surface area (Å²) in [7, 11) is 1.59. The van der Waals surface area contributed by atoms with Crippen molar-refractivity contribution in [2.45, 2.75) is 13.0 Å². The van der Waals surface area contributed by atoms with Crippen LogP contribution in [0, 0.1) is 0 Å². The third-order valence-electron chi connectivity index (χ3n) is 5.12. The van der Waals surface area contributed by atoms with E-state index in [1.807, 2.05) is 60.7 Å². The molecular formula is C26H23NO6. The first-order chi connectivity index (χ1) is 16.0. The van der Waals surface area contributed by atoms with Crippen LogP contribution >= 0.6 is 0 Å². The van der Waals surface area contributed by atoms with Gasteiger partial charge in [0.2, 0.25) is 11.5 Å². The van der Waals surface area contributed by atoms with Crippen LogP contribution in [-0.4, -0.2) is 35.5 Å². The van der Waals surface area contributed by atoms with Crippen molar-refractivity contribution in [3.05, 3.63) is 102 Å². The number of ether oxygens (including phenoxy) is 3. The van der Waals surface area contributed by atoms with Gasteiger partial charge in [-0.3, -0.25) is 4.79 Å². The number of carboxylic acids is 1. The van der Waals surface area contributed by atoms with Gasteiger partial charge < -0.3 is 24.2 Å². The summed E-state index contributed by atoms with van der Waals surface area (Å²) in [5.41, 5.74) is 2.01. The summed E-state index contributed by atoms with van der Waals surface area (Å²) in [5, 5.41) is 9.70. The fraction of sp³-hybridized carbons (Fsp3) is 0.154. The molecule has 1 N–H and O–H groups in total. The normalized spacial score (nSPS) is 12.3. The lowest BCUT2D eigenvalue weighted by molar-refractivity contribution is -0.137. The topological polar surface area (TPSA) is 85.3 Å². The molecule has 0 spiro atoms. The second-order valence-corrected chi connectivity index (χ2v) is 7.49. The van der Waals surface area contributed by atoms with Crippen LogP contribution in [0.1, 0.15) is 11.1 Å². The Balaban J connectivity index is 1.52. The third kappa shape index (κ3) is 5.15. The van der Waals surface area contributed by atoms with Gasteiger partial charge in [0.15, 0.2) is 11.5 Å². The van der Waals surface area contributed by atoms with E-state index < -0.39 is 17.6 Å². The lowest BCUT2D eigenvalue weighted by Crippen LogP contribution is -2.35. The van der Waals surface area contributed by atoms with Crippen LogP contribution in [0.5, 0.6) is 17.2 Å². The number of carboxylic acid groups (broad SMARTS) is 1. The summed E-state index contributed by atoms with van der Waals surface area (Å²) in [6, 6.07) is 24.2. The van der Waals surface area contributed by atoms with E-state index in [-0.39, 0.29) is 23.9 Å². The van der Waals surface area contributed by atoms with Gasteiger partial charge in [-0.25, -0.2) is 4.79 Å². The lowest BCUT2D eigenvalue weighted by atomic mass is 10.1. The molecule has 3 aromatic rings. The minimum atomic E-state index is -1.40. The average molecular weight is 445 g/mol. The molecule has 7 heteroatoms. The van der Waals surface area contributed by atoms with Crippen LogP contribution in [0.2, 0.25) is 0 Å². The number of para-hydroxylation sites is 1. The summed E-state index contributed by atoms with van der Waals surface area (Å²) >= 11 is 0. The highest BCUT2D eigenvalue weighted by Crippen LogP contribution is 2.43. The van der Waals surface area contributed by atoms with E-state index in [0.29, 0.717) is 18.7 Å². The Kier molecular flexibility index (Phi) is 6.59. The first-order valence-corrected chi connectivity index (χ1v) is 10.5. The van der Waals surface area contributed by atoms with Crippen molar-refractivity contribution in [3.63, 3.8) is 0 Å². The van der Waals surface area contributed by atoms with Crippen LogP contribution in [0.4, 0.5) is 0 Å². The van der Waals surface area contributed by atoms with Gasteiger partial charge in [0.1, 0.15) is 6.61 Å². The van der Waals surface area contributed by atoms with Crippen molar-refractivity contribution >= 4 is 11.9 Å². The molecule has 168 valence electrons. The largest absolute Gasteiger partial charge is 0.485 e. The zero-order valence-electron chi connectivity index (χ0n) is 18.1. The molecule has 0 saturated carbocycles. The standard InChI is InChI=1S/C26H23NO6/c1-27(16-15-18-9-4-2-5-10-18)25(28)23-24(26(29)30)33-22-20(13-8-14-21(22)32-23)31-17-19-11-6-3-7-12-19/h2-14H,15-17H2,1H3,(H,29,30). The molecule has 0 atom stereocenters. The zero-order chi connectivity index (χ0) is 23.2. The summed E-state index contributed by atoms with van der Waals surface area (Å²) in [5.74, 6) is -2.28. The Morgan fingerprint density at radius 2 is 1.52 bits per heavy atom. The van der Waals surface area contributed by atoms with E-state index in [2.05, 4.69) is 0 Å². The predicted octanol–water partition coefficient (Wildman–Crippen LogP) is 4.03. The van der Waals surface area contributed by atoms with Crippen molar-refractivity contribution in [2.24, 2.45) is 0 Å². The number of rotatable bonds is 8. The second kappa shape index (κ2) is 9.91. The number of aliphatic carboxylic acids is 1. The van der Waals surface area contributed by atoms with E-state index in [1.165, 1.54) is 4.90 Å². The summed E-state index contributed by atoms with van der Waals surface area (Å²) in [6.45, 7) is 0.649. The average Bonchev–Trinajstić information content (AvgIpc) is 2.85. The van der Waals surface area contributed by atoms with Gasteiger partial charge >= 0.3 is 5.97 Å². The maximum atomic E-state index is 13.0. The quantitative estimate of drug-likeness (QED) is 0.564. The molecule has 1 aliphatic rings. The molecule has 0 saturated heterocycles. The molecule has 0 fully saturated rings. The first-order valence-electron chi connectivity index (χ1n) is 10.5. The summed E-state index contributed by atoms with van der Waals surface area (Å²) in [6.07, 6.45) is 0.619. The maximum absolute atomic E-state index is 13.0. The van der Waals surface area contributed by atoms with Crippen LogP contribution in [0.25, 0.3) is 0 Å². The van der Waals surface area contributed by atoms with Crippen molar-refractivity contribution in [1.82, 2.24) is 4.90 Å². The molecule has 1 amide bonds. The molecule has 7 nitrogen and oxygen atoms in total. The Morgan fingerprint density at radius 3 is 2.18 bits per heavy atom. The van der Waals surface area contributed by atoms with Crippen molar-refractivity contribution in [2.75, 3.05) is 13.6 Å². The van der Waals surface area contributed by atoms with E-state index in [9.17, 15) is 14.7 Å².